The van der Waals surface area contributed by atoms with E-state index in [0.717, 1.165) is 5.56 Å². The molecule has 1 aromatic rings. The molecular weight excluding hydrogens is 258 g/mol. The third kappa shape index (κ3) is 6.33. The van der Waals surface area contributed by atoms with Crippen molar-refractivity contribution in [3.8, 4) is 0 Å². The molecule has 0 aliphatic rings. The lowest BCUT2D eigenvalue weighted by Crippen LogP contribution is -2.28. The lowest BCUT2D eigenvalue weighted by Gasteiger charge is -2.08. The predicted octanol–water partition coefficient (Wildman–Crippen LogP) is 1.86. The highest BCUT2D eigenvalue weighted by Gasteiger charge is 2.04. The Morgan fingerprint density at radius 2 is 1.90 bits per heavy atom. The summed E-state index contributed by atoms with van der Waals surface area (Å²) < 4.78 is 5.32. The Hall–Kier alpha value is -1.88. The molecule has 5 heteroatoms. The maximum atomic E-state index is 11.6. The van der Waals surface area contributed by atoms with Crippen molar-refractivity contribution in [3.05, 3.63) is 35.4 Å². The minimum atomic E-state index is -0.945. The van der Waals surface area contributed by atoms with Gasteiger partial charge in [-0.1, -0.05) is 12.1 Å². The quantitative estimate of drug-likeness (QED) is 0.712. The van der Waals surface area contributed by atoms with Gasteiger partial charge in [-0.3, -0.25) is 4.79 Å². The first-order valence-corrected chi connectivity index (χ1v) is 6.69. The van der Waals surface area contributed by atoms with Crippen LogP contribution in [-0.2, 0) is 16.0 Å². The van der Waals surface area contributed by atoms with E-state index in [1.165, 1.54) is 0 Å². The fourth-order valence-corrected chi connectivity index (χ4v) is 1.65. The second-order valence-electron chi connectivity index (χ2n) is 4.77. The molecule has 5 nitrogen and oxygen atoms in total. The zero-order valence-corrected chi connectivity index (χ0v) is 11.9. The molecule has 110 valence electrons. The molecule has 2 N–H and O–H groups in total. The molecule has 0 saturated carbocycles. The van der Waals surface area contributed by atoms with E-state index in [4.69, 9.17) is 9.84 Å². The number of benzene rings is 1. The molecule has 20 heavy (non-hydrogen) atoms. The Morgan fingerprint density at radius 1 is 1.25 bits per heavy atom. The van der Waals surface area contributed by atoms with Crippen molar-refractivity contribution in [2.75, 3.05) is 13.2 Å². The standard InChI is InChI=1S/C15H21NO4/c1-11(2)20-10-9-16-14(17)8-5-12-3-6-13(7-4-12)15(18)19/h3-4,6-7,11H,5,8-10H2,1-2H3,(H,16,17)(H,18,19). The molecule has 0 radical (unpaired) electrons. The molecule has 0 aliphatic carbocycles. The molecule has 0 aromatic heterocycles. The summed E-state index contributed by atoms with van der Waals surface area (Å²) in [4.78, 5) is 22.3. The molecule has 0 bridgehead atoms. The van der Waals surface area contributed by atoms with Crippen molar-refractivity contribution in [2.24, 2.45) is 0 Å². The monoisotopic (exact) mass is 279 g/mol. The van der Waals surface area contributed by atoms with Crippen LogP contribution in [0.3, 0.4) is 0 Å². The molecule has 0 unspecified atom stereocenters. The Morgan fingerprint density at radius 3 is 2.45 bits per heavy atom. The van der Waals surface area contributed by atoms with E-state index in [-0.39, 0.29) is 17.6 Å². The number of nitrogens with one attached hydrogen (secondary N) is 1. The molecular formula is C15H21NO4. The Kier molecular flexibility index (Phi) is 6.73. The van der Waals surface area contributed by atoms with Crippen molar-refractivity contribution >= 4 is 11.9 Å². The smallest absolute Gasteiger partial charge is 0.335 e. The third-order valence-electron chi connectivity index (χ3n) is 2.72. The van der Waals surface area contributed by atoms with Crippen molar-refractivity contribution in [1.29, 1.82) is 0 Å². The zero-order chi connectivity index (χ0) is 15.0. The average Bonchev–Trinajstić information content (AvgIpc) is 2.41. The highest BCUT2D eigenvalue weighted by molar-refractivity contribution is 5.87. The number of hydrogen-bond donors (Lipinski definition) is 2. The Bertz CT molecular complexity index is 440. The largest absolute Gasteiger partial charge is 0.478 e. The van der Waals surface area contributed by atoms with Crippen molar-refractivity contribution in [3.63, 3.8) is 0 Å². The lowest BCUT2D eigenvalue weighted by atomic mass is 10.1. The Balaban J connectivity index is 2.25. The van der Waals surface area contributed by atoms with Gasteiger partial charge in [0, 0.05) is 13.0 Å². The SMILES string of the molecule is CC(C)OCCNC(=O)CCc1ccc(C(=O)O)cc1. The van der Waals surface area contributed by atoms with E-state index in [1.54, 1.807) is 24.3 Å². The molecule has 0 aliphatic heterocycles. The van der Waals surface area contributed by atoms with Gasteiger partial charge in [0.05, 0.1) is 18.3 Å². The van der Waals surface area contributed by atoms with Crippen LogP contribution >= 0.6 is 0 Å². The molecule has 0 saturated heterocycles. The normalized spacial score (nSPS) is 10.6. The fourth-order valence-electron chi connectivity index (χ4n) is 1.65. The van der Waals surface area contributed by atoms with E-state index in [0.29, 0.717) is 26.0 Å². The maximum Gasteiger partial charge on any atom is 0.335 e. The van der Waals surface area contributed by atoms with Crippen LogP contribution in [-0.4, -0.2) is 36.2 Å². The van der Waals surface area contributed by atoms with Gasteiger partial charge in [0.15, 0.2) is 0 Å². The summed E-state index contributed by atoms with van der Waals surface area (Å²) in [6.45, 7) is 4.91. The van der Waals surface area contributed by atoms with E-state index in [2.05, 4.69) is 5.32 Å². The van der Waals surface area contributed by atoms with Gasteiger partial charge in [0.1, 0.15) is 0 Å². The number of amides is 1. The number of rotatable bonds is 8. The van der Waals surface area contributed by atoms with Crippen LogP contribution in [0.2, 0.25) is 0 Å². The second kappa shape index (κ2) is 8.32. The van der Waals surface area contributed by atoms with Crippen LogP contribution < -0.4 is 5.32 Å². The summed E-state index contributed by atoms with van der Waals surface area (Å²) in [5.41, 5.74) is 1.20. The number of carbonyl (C=O) groups excluding carboxylic acids is 1. The van der Waals surface area contributed by atoms with Gasteiger partial charge in [0.25, 0.3) is 0 Å². The van der Waals surface area contributed by atoms with E-state index in [9.17, 15) is 9.59 Å². The third-order valence-corrected chi connectivity index (χ3v) is 2.72. The highest BCUT2D eigenvalue weighted by Crippen LogP contribution is 2.06. The van der Waals surface area contributed by atoms with Crippen LogP contribution in [0.1, 0.15) is 36.2 Å². The summed E-state index contributed by atoms with van der Waals surface area (Å²) >= 11 is 0. The van der Waals surface area contributed by atoms with E-state index in [1.807, 2.05) is 13.8 Å². The van der Waals surface area contributed by atoms with Gasteiger partial charge in [-0.25, -0.2) is 4.79 Å². The number of hydrogen-bond acceptors (Lipinski definition) is 3. The lowest BCUT2D eigenvalue weighted by molar-refractivity contribution is -0.121. The molecule has 1 rings (SSSR count). The van der Waals surface area contributed by atoms with Crippen LogP contribution in [0.4, 0.5) is 0 Å². The van der Waals surface area contributed by atoms with Crippen molar-refractivity contribution < 1.29 is 19.4 Å². The first kappa shape index (κ1) is 16.2. The van der Waals surface area contributed by atoms with Gasteiger partial charge < -0.3 is 15.2 Å². The molecule has 0 spiro atoms. The number of aromatic carboxylic acids is 1. The predicted molar refractivity (Wildman–Crippen MR) is 75.8 cm³/mol. The summed E-state index contributed by atoms with van der Waals surface area (Å²) in [5.74, 6) is -0.973. The maximum absolute atomic E-state index is 11.6. The Labute approximate surface area is 118 Å². The van der Waals surface area contributed by atoms with E-state index < -0.39 is 5.97 Å². The van der Waals surface area contributed by atoms with Gasteiger partial charge in [-0.15, -0.1) is 0 Å². The fraction of sp³-hybridized carbons (Fsp3) is 0.467. The number of carboxylic acid groups (broad SMARTS) is 1. The summed E-state index contributed by atoms with van der Waals surface area (Å²) in [6, 6.07) is 6.56. The van der Waals surface area contributed by atoms with E-state index >= 15 is 0 Å². The number of carboxylic acids is 1. The molecule has 0 fully saturated rings. The first-order chi connectivity index (χ1) is 9.49. The first-order valence-electron chi connectivity index (χ1n) is 6.69. The zero-order valence-electron chi connectivity index (χ0n) is 11.9. The molecule has 0 heterocycles. The second-order valence-corrected chi connectivity index (χ2v) is 4.77. The summed E-state index contributed by atoms with van der Waals surface area (Å²) in [7, 11) is 0. The number of ether oxygens (including phenoxy) is 1. The average molecular weight is 279 g/mol. The van der Waals surface area contributed by atoms with Crippen LogP contribution in [0.15, 0.2) is 24.3 Å². The van der Waals surface area contributed by atoms with Gasteiger partial charge in [-0.05, 0) is 38.0 Å². The van der Waals surface area contributed by atoms with Gasteiger partial charge in [0.2, 0.25) is 5.91 Å². The van der Waals surface area contributed by atoms with Crippen LogP contribution in [0.25, 0.3) is 0 Å². The van der Waals surface area contributed by atoms with Crippen LogP contribution in [0.5, 0.6) is 0 Å². The number of aryl methyl sites for hydroxylation is 1. The summed E-state index contributed by atoms with van der Waals surface area (Å²) in [5, 5.41) is 11.6. The molecule has 1 amide bonds. The van der Waals surface area contributed by atoms with Crippen molar-refractivity contribution in [2.45, 2.75) is 32.8 Å². The highest BCUT2D eigenvalue weighted by atomic mass is 16.5. The van der Waals surface area contributed by atoms with Gasteiger partial charge in [-0.2, -0.15) is 0 Å². The topological polar surface area (TPSA) is 75.6 Å². The summed E-state index contributed by atoms with van der Waals surface area (Å²) in [6.07, 6.45) is 1.14. The van der Waals surface area contributed by atoms with Crippen molar-refractivity contribution in [1.82, 2.24) is 5.32 Å². The van der Waals surface area contributed by atoms with Gasteiger partial charge >= 0.3 is 5.97 Å². The minimum absolute atomic E-state index is 0.0281. The molecule has 1 aromatic carbocycles. The minimum Gasteiger partial charge on any atom is -0.478 e. The van der Waals surface area contributed by atoms with Crippen LogP contribution in [0, 0.1) is 0 Å². The number of carbonyl (C=O) groups is 2. The molecule has 0 atom stereocenters.